The summed E-state index contributed by atoms with van der Waals surface area (Å²) in [5.74, 6) is -1.81. The Balaban J connectivity index is 0.00000180. The molecule has 8 nitrogen and oxygen atoms in total. The molecule has 2 aliphatic rings. The smallest absolute Gasteiger partial charge is 0.251 e. The number of rotatable bonds is 7. The number of fused-ring (bicyclic) bond motifs is 2. The van der Waals surface area contributed by atoms with Crippen molar-refractivity contribution >= 4 is 28.6 Å². The number of nitrogens with zero attached hydrogens (tertiary/aromatic N) is 2. The fourth-order valence-electron chi connectivity index (χ4n) is 5.98. The van der Waals surface area contributed by atoms with Gasteiger partial charge in [0.1, 0.15) is 17.7 Å². The van der Waals surface area contributed by atoms with E-state index >= 15 is 0 Å². The first-order chi connectivity index (χ1) is 20.7. The minimum absolute atomic E-state index is 0.0190. The number of piperidine rings is 1. The van der Waals surface area contributed by atoms with Gasteiger partial charge in [0, 0.05) is 52.2 Å². The maximum Gasteiger partial charge on any atom is 0.251 e. The van der Waals surface area contributed by atoms with Crippen molar-refractivity contribution in [2.45, 2.75) is 52.2 Å². The largest absolute Gasteiger partial charge is 0.357 e. The van der Waals surface area contributed by atoms with E-state index in [1.807, 2.05) is 32.9 Å². The Morgan fingerprint density at radius 3 is 2.51 bits per heavy atom. The van der Waals surface area contributed by atoms with Crippen LogP contribution in [0.4, 0.5) is 8.78 Å². The molecule has 1 saturated carbocycles. The van der Waals surface area contributed by atoms with Gasteiger partial charge in [-0.25, -0.2) is 8.78 Å². The molecule has 2 fully saturated rings. The third-order valence-corrected chi connectivity index (χ3v) is 8.31. The highest BCUT2D eigenvalue weighted by Gasteiger charge is 2.61. The molecule has 5 atom stereocenters. The number of aromatic amines is 1. The number of hydrogen-bond acceptors (Lipinski definition) is 4. The molecule has 10 heteroatoms. The van der Waals surface area contributed by atoms with E-state index in [1.54, 1.807) is 29.4 Å². The molecular weight excluding hydrogens is 552 g/mol. The van der Waals surface area contributed by atoms with Crippen LogP contribution in [0.3, 0.4) is 0 Å². The third-order valence-electron chi connectivity index (χ3n) is 8.31. The van der Waals surface area contributed by atoms with Crippen molar-refractivity contribution in [3.05, 3.63) is 89.9 Å². The van der Waals surface area contributed by atoms with Crippen LogP contribution in [0.5, 0.6) is 0 Å². The van der Waals surface area contributed by atoms with Crippen molar-refractivity contribution in [1.82, 2.24) is 25.5 Å². The summed E-state index contributed by atoms with van der Waals surface area (Å²) in [5.41, 5.74) is 2.77. The minimum atomic E-state index is -0.697. The second kappa shape index (κ2) is 12.3. The van der Waals surface area contributed by atoms with Gasteiger partial charge in [0.2, 0.25) is 11.8 Å². The molecule has 1 aliphatic heterocycles. The summed E-state index contributed by atoms with van der Waals surface area (Å²) in [6.07, 6.45) is 4.04. The molecule has 6 rings (SSSR count). The summed E-state index contributed by atoms with van der Waals surface area (Å²) < 4.78 is 27.3. The molecule has 1 aliphatic carbocycles. The monoisotopic (exact) mass is 587 g/mol. The number of likely N-dealkylation sites (tertiary alicyclic amines) is 1. The molecule has 224 valence electrons. The first-order valence-electron chi connectivity index (χ1n) is 14.6. The van der Waals surface area contributed by atoms with E-state index in [2.05, 4.69) is 27.5 Å². The van der Waals surface area contributed by atoms with E-state index in [0.29, 0.717) is 23.5 Å². The van der Waals surface area contributed by atoms with Gasteiger partial charge in [-0.05, 0) is 67.1 Å². The number of amides is 3. The molecule has 43 heavy (non-hydrogen) atoms. The number of carbonyl (C=O) groups is 3. The van der Waals surface area contributed by atoms with Gasteiger partial charge < -0.3 is 20.5 Å². The van der Waals surface area contributed by atoms with E-state index in [0.717, 1.165) is 22.7 Å². The lowest BCUT2D eigenvalue weighted by molar-refractivity contribution is -0.139. The van der Waals surface area contributed by atoms with Crippen LogP contribution in [0, 0.1) is 23.5 Å². The lowest BCUT2D eigenvalue weighted by atomic mass is 10.0. The lowest BCUT2D eigenvalue weighted by Crippen LogP contribution is -2.51. The summed E-state index contributed by atoms with van der Waals surface area (Å²) in [6.45, 7) is 7.70. The Morgan fingerprint density at radius 2 is 1.81 bits per heavy atom. The van der Waals surface area contributed by atoms with Crippen molar-refractivity contribution in [2.24, 2.45) is 11.8 Å². The van der Waals surface area contributed by atoms with Crippen LogP contribution in [-0.4, -0.2) is 51.2 Å². The fraction of sp³-hybridized carbons (Fsp3) is 0.333. The van der Waals surface area contributed by atoms with Gasteiger partial charge in [-0.3, -0.25) is 19.4 Å². The fourth-order valence-corrected chi connectivity index (χ4v) is 5.98. The number of benzene rings is 2. The maximum absolute atomic E-state index is 14.1. The lowest BCUT2D eigenvalue weighted by Gasteiger charge is -2.29. The van der Waals surface area contributed by atoms with Gasteiger partial charge in [-0.2, -0.15) is 0 Å². The number of carbonyl (C=O) groups excluding carboxylic acids is 3. The molecule has 0 spiro atoms. The number of aromatic nitrogens is 2. The molecule has 0 radical (unpaired) electrons. The highest BCUT2D eigenvalue weighted by atomic mass is 19.1. The van der Waals surface area contributed by atoms with Gasteiger partial charge in [0.15, 0.2) is 0 Å². The van der Waals surface area contributed by atoms with Crippen molar-refractivity contribution in [2.75, 3.05) is 6.54 Å². The minimum Gasteiger partial charge on any atom is -0.357 e. The highest BCUT2D eigenvalue weighted by molar-refractivity contribution is 5.98. The summed E-state index contributed by atoms with van der Waals surface area (Å²) in [6, 6.07) is 12.4. The molecule has 3 heterocycles. The van der Waals surface area contributed by atoms with Crippen LogP contribution >= 0.6 is 0 Å². The topological polar surface area (TPSA) is 107 Å². The van der Waals surface area contributed by atoms with Crippen molar-refractivity contribution in [3.8, 4) is 11.1 Å². The average Bonchev–Trinajstić information content (AvgIpc) is 3.34. The molecule has 2 aromatic heterocycles. The van der Waals surface area contributed by atoms with E-state index < -0.39 is 23.6 Å². The SMILES string of the molecule is CC.CC1C2CC(C(=O)N[C@H](C)c3cc4cnccc4[nH]3)N(C(=O)CNC(=O)c3ccc(-c4ccc(F)cc4F)cc3)C12. The Labute approximate surface area is 248 Å². The van der Waals surface area contributed by atoms with Crippen LogP contribution in [-0.2, 0) is 9.59 Å². The van der Waals surface area contributed by atoms with Crippen molar-refractivity contribution in [3.63, 3.8) is 0 Å². The first-order valence-corrected chi connectivity index (χ1v) is 14.6. The third kappa shape index (κ3) is 6.00. The number of nitrogens with one attached hydrogen (secondary N) is 3. The molecule has 3 N–H and O–H groups in total. The zero-order chi connectivity index (χ0) is 30.8. The van der Waals surface area contributed by atoms with Crippen LogP contribution in [0.15, 0.2) is 67.0 Å². The number of hydrogen-bond donors (Lipinski definition) is 3. The van der Waals surface area contributed by atoms with Gasteiger partial charge in [0.25, 0.3) is 5.91 Å². The molecule has 1 saturated heterocycles. The summed E-state index contributed by atoms with van der Waals surface area (Å²) in [5, 5.41) is 6.64. The summed E-state index contributed by atoms with van der Waals surface area (Å²) >= 11 is 0. The van der Waals surface area contributed by atoms with E-state index in [1.165, 1.54) is 24.3 Å². The average molecular weight is 588 g/mol. The standard InChI is InChI=1S/C31H29F2N5O3.C2H6/c1-16-23-13-27(31(41)36-17(2)26-11-20-14-34-10-9-25(20)37-26)38(29(16)23)28(39)15-35-30(40)19-5-3-18(4-6-19)22-8-7-21(32)12-24(22)33;1-2/h3-12,14,16-17,23,27,29,37H,13,15H2,1-2H3,(H,35,40)(H,36,41);1-2H3/t16?,17-,23?,27?,29?;/m1./s1. The predicted octanol–water partition coefficient (Wildman–Crippen LogP) is 5.38. The van der Waals surface area contributed by atoms with Crippen LogP contribution < -0.4 is 10.6 Å². The summed E-state index contributed by atoms with van der Waals surface area (Å²) in [7, 11) is 0. The van der Waals surface area contributed by atoms with Crippen molar-refractivity contribution in [1.29, 1.82) is 0 Å². The van der Waals surface area contributed by atoms with Gasteiger partial charge in [-0.1, -0.05) is 32.9 Å². The zero-order valence-corrected chi connectivity index (χ0v) is 24.5. The second-order valence-electron chi connectivity index (χ2n) is 10.9. The van der Waals surface area contributed by atoms with Crippen molar-refractivity contribution < 1.29 is 23.2 Å². The number of H-pyrrole nitrogens is 1. The zero-order valence-electron chi connectivity index (χ0n) is 24.5. The number of pyridine rings is 1. The summed E-state index contributed by atoms with van der Waals surface area (Å²) in [4.78, 5) is 48.5. The highest BCUT2D eigenvalue weighted by Crippen LogP contribution is 2.53. The number of halogens is 2. The molecular formula is C33H35F2N5O3. The van der Waals surface area contributed by atoms with Gasteiger partial charge in [-0.15, -0.1) is 0 Å². The molecule has 0 bridgehead atoms. The predicted molar refractivity (Wildman–Crippen MR) is 160 cm³/mol. The Kier molecular flexibility index (Phi) is 8.57. The second-order valence-corrected chi connectivity index (χ2v) is 10.9. The Morgan fingerprint density at radius 1 is 1.07 bits per heavy atom. The quantitative estimate of drug-likeness (QED) is 0.270. The van der Waals surface area contributed by atoms with E-state index in [4.69, 9.17) is 0 Å². The molecule has 4 aromatic rings. The molecule has 2 aromatic carbocycles. The Bertz CT molecular complexity index is 1620. The van der Waals surface area contributed by atoms with Crippen LogP contribution in [0.25, 0.3) is 22.0 Å². The normalized spacial score (nSPS) is 20.9. The molecule has 4 unspecified atom stereocenters. The van der Waals surface area contributed by atoms with E-state index in [9.17, 15) is 23.2 Å². The van der Waals surface area contributed by atoms with Crippen LogP contribution in [0.1, 0.15) is 56.2 Å². The Hall–Kier alpha value is -4.60. The molecule has 3 amide bonds. The maximum atomic E-state index is 14.1. The first kappa shape index (κ1) is 29.9. The van der Waals surface area contributed by atoms with Gasteiger partial charge >= 0.3 is 0 Å². The van der Waals surface area contributed by atoms with Crippen LogP contribution in [0.2, 0.25) is 0 Å². The van der Waals surface area contributed by atoms with E-state index in [-0.39, 0.29) is 41.9 Å². The van der Waals surface area contributed by atoms with Gasteiger partial charge in [0.05, 0.1) is 12.6 Å².